The molecule has 0 radical (unpaired) electrons. The van der Waals surface area contributed by atoms with Crippen molar-refractivity contribution in [1.29, 1.82) is 0 Å². The van der Waals surface area contributed by atoms with Crippen molar-refractivity contribution in [3.05, 3.63) is 35.4 Å². The highest BCUT2D eigenvalue weighted by Gasteiger charge is 2.15. The van der Waals surface area contributed by atoms with Gasteiger partial charge in [-0.15, -0.1) is 0 Å². The zero-order valence-electron chi connectivity index (χ0n) is 10.3. The number of hydrogen-bond donors (Lipinski definition) is 2. The monoisotopic (exact) mass is 249 g/mol. The topological polar surface area (TPSA) is 75.6 Å². The highest BCUT2D eigenvalue weighted by Crippen LogP contribution is 2.21. The van der Waals surface area contributed by atoms with E-state index < -0.39 is 12.1 Å². The van der Waals surface area contributed by atoms with E-state index in [0.717, 1.165) is 0 Å². The molecule has 0 saturated heterocycles. The second-order valence-corrected chi connectivity index (χ2v) is 3.42. The highest BCUT2D eigenvalue weighted by molar-refractivity contribution is 6.01. The van der Waals surface area contributed by atoms with Gasteiger partial charge in [0.2, 0.25) is 0 Å². The van der Waals surface area contributed by atoms with Gasteiger partial charge >= 0.3 is 12.1 Å². The van der Waals surface area contributed by atoms with Gasteiger partial charge in [-0.1, -0.05) is 24.3 Å². The Morgan fingerprint density at radius 3 is 2.72 bits per heavy atom. The molecule has 0 fully saturated rings. The Hall–Kier alpha value is -2.30. The number of rotatable bonds is 4. The minimum Gasteiger partial charge on any atom is -0.478 e. The third-order valence-corrected chi connectivity index (χ3v) is 2.17. The van der Waals surface area contributed by atoms with Gasteiger partial charge in [0.15, 0.2) is 0 Å². The van der Waals surface area contributed by atoms with Crippen molar-refractivity contribution in [1.82, 2.24) is 0 Å². The highest BCUT2D eigenvalue weighted by atomic mass is 16.5. The molecule has 0 atom stereocenters. The number of ether oxygens (including phenoxy) is 1. The minimum atomic E-state index is -1.10. The summed E-state index contributed by atoms with van der Waals surface area (Å²) in [6.45, 7) is 3.69. The van der Waals surface area contributed by atoms with Crippen molar-refractivity contribution in [2.75, 3.05) is 11.9 Å². The zero-order valence-corrected chi connectivity index (χ0v) is 10.3. The molecule has 5 heteroatoms. The number of carbonyl (C=O) groups is 2. The van der Waals surface area contributed by atoms with Crippen molar-refractivity contribution < 1.29 is 19.4 Å². The molecular formula is C13H15NO4. The number of hydrogen-bond acceptors (Lipinski definition) is 3. The van der Waals surface area contributed by atoms with Gasteiger partial charge in [-0.05, 0) is 25.5 Å². The van der Waals surface area contributed by atoms with Crippen LogP contribution in [0.15, 0.2) is 24.3 Å². The number of benzene rings is 1. The van der Waals surface area contributed by atoms with Crippen molar-refractivity contribution in [3.63, 3.8) is 0 Å². The first-order valence-electron chi connectivity index (χ1n) is 5.53. The maximum atomic E-state index is 11.3. The smallest absolute Gasteiger partial charge is 0.411 e. The van der Waals surface area contributed by atoms with Gasteiger partial charge in [0.05, 0.1) is 17.9 Å². The second-order valence-electron chi connectivity index (χ2n) is 3.42. The Kier molecular flexibility index (Phi) is 4.92. The molecule has 0 aliphatic heterocycles. The van der Waals surface area contributed by atoms with E-state index in [1.165, 1.54) is 6.07 Å². The predicted octanol–water partition coefficient (Wildman–Crippen LogP) is 2.99. The van der Waals surface area contributed by atoms with Crippen molar-refractivity contribution in [2.45, 2.75) is 13.8 Å². The molecule has 0 unspecified atom stereocenters. The first-order valence-corrected chi connectivity index (χ1v) is 5.53. The summed E-state index contributed by atoms with van der Waals surface area (Å²) in [5.41, 5.74) is 0.791. The summed E-state index contributed by atoms with van der Waals surface area (Å²) in [5.74, 6) is -1.10. The van der Waals surface area contributed by atoms with Gasteiger partial charge in [0.25, 0.3) is 0 Å². The molecule has 1 aromatic rings. The van der Waals surface area contributed by atoms with Crippen LogP contribution in [-0.4, -0.2) is 23.8 Å². The number of nitrogens with one attached hydrogen (secondary N) is 1. The molecule has 2 N–H and O–H groups in total. The molecule has 1 rings (SSSR count). The molecule has 0 bridgehead atoms. The van der Waals surface area contributed by atoms with Gasteiger partial charge in [0, 0.05) is 0 Å². The second kappa shape index (κ2) is 6.44. The lowest BCUT2D eigenvalue weighted by Gasteiger charge is -2.10. The lowest BCUT2D eigenvalue weighted by molar-refractivity contribution is 0.0698. The van der Waals surface area contributed by atoms with E-state index in [9.17, 15) is 14.7 Å². The zero-order chi connectivity index (χ0) is 13.5. The maximum Gasteiger partial charge on any atom is 0.411 e. The van der Waals surface area contributed by atoms with E-state index in [1.54, 1.807) is 38.1 Å². The first-order chi connectivity index (χ1) is 8.60. The molecule has 0 aliphatic carbocycles. The van der Waals surface area contributed by atoms with Gasteiger partial charge in [-0.25, -0.2) is 9.59 Å². The van der Waals surface area contributed by atoms with Gasteiger partial charge in [-0.2, -0.15) is 0 Å². The van der Waals surface area contributed by atoms with E-state index >= 15 is 0 Å². The number of carboxylic acids is 1. The van der Waals surface area contributed by atoms with Gasteiger partial charge < -0.3 is 9.84 Å². The minimum absolute atomic E-state index is 0.0450. The van der Waals surface area contributed by atoms with E-state index in [0.29, 0.717) is 5.56 Å². The summed E-state index contributed by atoms with van der Waals surface area (Å²) in [7, 11) is 0. The summed E-state index contributed by atoms with van der Waals surface area (Å²) >= 11 is 0. The SMILES string of the molecule is C/C=C\c1cccc(NC(=O)OCC)c1C(=O)O. The van der Waals surface area contributed by atoms with Crippen LogP contribution in [0.5, 0.6) is 0 Å². The standard InChI is InChI=1S/C13H15NO4/c1-3-6-9-7-5-8-10(11(9)12(15)16)14-13(17)18-4-2/h3,5-8H,4H2,1-2H3,(H,14,17)(H,15,16)/b6-3-. The molecular weight excluding hydrogens is 234 g/mol. The molecule has 0 aliphatic rings. The summed E-state index contributed by atoms with van der Waals surface area (Å²) in [4.78, 5) is 22.5. The van der Waals surface area contributed by atoms with E-state index in [1.807, 2.05) is 0 Å². The maximum absolute atomic E-state index is 11.3. The van der Waals surface area contributed by atoms with Crippen LogP contribution in [0, 0.1) is 0 Å². The largest absolute Gasteiger partial charge is 0.478 e. The number of aromatic carboxylic acids is 1. The molecule has 0 saturated carbocycles. The fourth-order valence-electron chi connectivity index (χ4n) is 1.51. The lowest BCUT2D eigenvalue weighted by Crippen LogP contribution is -2.16. The van der Waals surface area contributed by atoms with Crippen LogP contribution < -0.4 is 5.32 Å². The van der Waals surface area contributed by atoms with Crippen LogP contribution in [-0.2, 0) is 4.74 Å². The Morgan fingerprint density at radius 1 is 1.44 bits per heavy atom. The first kappa shape index (κ1) is 13.8. The van der Waals surface area contributed by atoms with Crippen LogP contribution in [0.1, 0.15) is 29.8 Å². The Balaban J connectivity index is 3.14. The van der Waals surface area contributed by atoms with Crippen LogP contribution in [0.25, 0.3) is 6.08 Å². The number of amides is 1. The van der Waals surface area contributed by atoms with Crippen LogP contribution in [0.2, 0.25) is 0 Å². The molecule has 1 aromatic carbocycles. The fraction of sp³-hybridized carbons (Fsp3) is 0.231. The number of allylic oxidation sites excluding steroid dienone is 1. The quantitative estimate of drug-likeness (QED) is 0.860. The summed E-state index contributed by atoms with van der Waals surface area (Å²) in [6.07, 6.45) is 2.73. The number of anilines is 1. The average Bonchev–Trinajstić information content (AvgIpc) is 2.29. The van der Waals surface area contributed by atoms with Crippen molar-refractivity contribution >= 4 is 23.8 Å². The summed E-state index contributed by atoms with van der Waals surface area (Å²) in [6, 6.07) is 4.86. The molecule has 0 spiro atoms. The third kappa shape index (κ3) is 3.35. The molecule has 0 aromatic heterocycles. The lowest BCUT2D eigenvalue weighted by atomic mass is 10.0. The summed E-state index contributed by atoms with van der Waals surface area (Å²) < 4.78 is 4.72. The fourth-order valence-corrected chi connectivity index (χ4v) is 1.51. The number of carboxylic acid groups (broad SMARTS) is 1. The Labute approximate surface area is 105 Å². The van der Waals surface area contributed by atoms with E-state index in [4.69, 9.17) is 4.74 Å². The van der Waals surface area contributed by atoms with Gasteiger partial charge in [0.1, 0.15) is 0 Å². The van der Waals surface area contributed by atoms with Crippen molar-refractivity contribution in [3.8, 4) is 0 Å². The molecule has 0 heterocycles. The molecule has 96 valence electrons. The molecule has 5 nitrogen and oxygen atoms in total. The average molecular weight is 249 g/mol. The Morgan fingerprint density at radius 2 is 2.17 bits per heavy atom. The van der Waals surface area contributed by atoms with E-state index in [2.05, 4.69) is 5.32 Å². The van der Waals surface area contributed by atoms with Crippen LogP contribution in [0.3, 0.4) is 0 Å². The third-order valence-electron chi connectivity index (χ3n) is 2.17. The van der Waals surface area contributed by atoms with Gasteiger partial charge in [-0.3, -0.25) is 5.32 Å². The van der Waals surface area contributed by atoms with Crippen molar-refractivity contribution in [2.24, 2.45) is 0 Å². The molecule has 18 heavy (non-hydrogen) atoms. The normalized spacial score (nSPS) is 10.3. The molecule has 1 amide bonds. The summed E-state index contributed by atoms with van der Waals surface area (Å²) in [5, 5.41) is 11.6. The van der Waals surface area contributed by atoms with Crippen LogP contribution in [0.4, 0.5) is 10.5 Å². The number of carbonyl (C=O) groups excluding carboxylic acids is 1. The Bertz CT molecular complexity index is 480. The van der Waals surface area contributed by atoms with Crippen LogP contribution >= 0.6 is 0 Å². The van der Waals surface area contributed by atoms with E-state index in [-0.39, 0.29) is 17.9 Å². The predicted molar refractivity (Wildman–Crippen MR) is 68.8 cm³/mol.